The molecule has 0 saturated carbocycles. The van der Waals surface area contributed by atoms with E-state index in [1.807, 2.05) is 6.92 Å². The second kappa shape index (κ2) is 7.42. The van der Waals surface area contributed by atoms with Gasteiger partial charge in [-0.3, -0.25) is 14.3 Å². The molecule has 1 aliphatic heterocycles. The third kappa shape index (κ3) is 3.69. The van der Waals surface area contributed by atoms with Gasteiger partial charge >= 0.3 is 6.18 Å². The minimum absolute atomic E-state index is 0.0344. The van der Waals surface area contributed by atoms with Crippen LogP contribution in [0.2, 0.25) is 0 Å². The molecule has 4 rings (SSSR count). The zero-order valence-electron chi connectivity index (χ0n) is 16.2. The van der Waals surface area contributed by atoms with Crippen LogP contribution in [0.1, 0.15) is 39.4 Å². The molecule has 8 nitrogen and oxygen atoms in total. The largest absolute Gasteiger partial charge is 0.416 e. The van der Waals surface area contributed by atoms with Gasteiger partial charge in [-0.1, -0.05) is 0 Å². The summed E-state index contributed by atoms with van der Waals surface area (Å²) in [5.41, 5.74) is 5.66. The predicted molar refractivity (Wildman–Crippen MR) is 107 cm³/mol. The normalized spacial score (nSPS) is 16.2. The summed E-state index contributed by atoms with van der Waals surface area (Å²) >= 11 is 0. The predicted octanol–water partition coefficient (Wildman–Crippen LogP) is 3.35. The van der Waals surface area contributed by atoms with Crippen LogP contribution in [0, 0.1) is 0 Å². The topological polar surface area (TPSA) is 106 Å². The SMILES string of the molecule is C[C@H]1CN(c2ccc(C(F)(F)F)cc2)C(=O)c2c(NC(=O)c3cccnc3N)cnn21. The van der Waals surface area contributed by atoms with E-state index in [0.717, 1.165) is 12.1 Å². The molecule has 0 fully saturated rings. The maximum absolute atomic E-state index is 13.2. The fourth-order valence-corrected chi connectivity index (χ4v) is 3.41. The highest BCUT2D eigenvalue weighted by atomic mass is 19.4. The summed E-state index contributed by atoms with van der Waals surface area (Å²) in [4.78, 5) is 31.0. The van der Waals surface area contributed by atoms with Gasteiger partial charge in [0.2, 0.25) is 0 Å². The van der Waals surface area contributed by atoms with Crippen LogP contribution in [0.15, 0.2) is 48.8 Å². The number of halogens is 3. The van der Waals surface area contributed by atoms with Gasteiger partial charge in [-0.15, -0.1) is 0 Å². The van der Waals surface area contributed by atoms with Gasteiger partial charge in [0, 0.05) is 18.4 Å². The molecule has 0 unspecified atom stereocenters. The Balaban J connectivity index is 1.64. The van der Waals surface area contributed by atoms with Crippen molar-refractivity contribution < 1.29 is 22.8 Å². The monoisotopic (exact) mass is 430 g/mol. The van der Waals surface area contributed by atoms with Crippen LogP contribution in [0.4, 0.5) is 30.4 Å². The number of nitrogens with two attached hydrogens (primary N) is 1. The van der Waals surface area contributed by atoms with Gasteiger partial charge in [0.05, 0.1) is 29.1 Å². The number of nitrogens with zero attached hydrogens (tertiary/aromatic N) is 4. The molecule has 0 saturated heterocycles. The van der Waals surface area contributed by atoms with Crippen LogP contribution in [0.25, 0.3) is 0 Å². The summed E-state index contributed by atoms with van der Waals surface area (Å²) in [5.74, 6) is -1.02. The molecule has 2 amide bonds. The summed E-state index contributed by atoms with van der Waals surface area (Å²) in [6.45, 7) is 2.02. The van der Waals surface area contributed by atoms with Gasteiger partial charge in [-0.05, 0) is 43.3 Å². The molecule has 3 aromatic rings. The summed E-state index contributed by atoms with van der Waals surface area (Å²) in [7, 11) is 0. The van der Waals surface area contributed by atoms with E-state index in [1.165, 1.54) is 40.2 Å². The molecule has 1 atom stereocenters. The van der Waals surface area contributed by atoms with Crippen molar-refractivity contribution in [2.45, 2.75) is 19.1 Å². The Labute approximate surface area is 174 Å². The highest BCUT2D eigenvalue weighted by Crippen LogP contribution is 2.33. The fourth-order valence-electron chi connectivity index (χ4n) is 3.41. The number of benzene rings is 1. The average molecular weight is 430 g/mol. The molecular weight excluding hydrogens is 413 g/mol. The fraction of sp³-hybridized carbons (Fsp3) is 0.200. The van der Waals surface area contributed by atoms with Crippen molar-refractivity contribution in [2.75, 3.05) is 22.5 Å². The second-order valence-corrected chi connectivity index (χ2v) is 7.05. The highest BCUT2D eigenvalue weighted by Gasteiger charge is 2.35. The Kier molecular flexibility index (Phi) is 4.88. The number of pyridine rings is 1. The molecule has 3 N–H and O–H groups in total. The van der Waals surface area contributed by atoms with Crippen LogP contribution < -0.4 is 16.0 Å². The highest BCUT2D eigenvalue weighted by molar-refractivity contribution is 6.13. The molecule has 2 aromatic heterocycles. The van der Waals surface area contributed by atoms with Crippen molar-refractivity contribution in [2.24, 2.45) is 0 Å². The van der Waals surface area contributed by atoms with Crippen LogP contribution in [0.5, 0.6) is 0 Å². The maximum Gasteiger partial charge on any atom is 0.416 e. The van der Waals surface area contributed by atoms with E-state index in [9.17, 15) is 22.8 Å². The van der Waals surface area contributed by atoms with E-state index in [1.54, 1.807) is 6.07 Å². The number of carbonyl (C=O) groups is 2. The number of fused-ring (bicyclic) bond motifs is 1. The molecule has 0 bridgehead atoms. The Hall–Kier alpha value is -3.89. The molecular formula is C20H17F3N6O2. The molecule has 1 aliphatic rings. The number of aromatic nitrogens is 3. The summed E-state index contributed by atoms with van der Waals surface area (Å²) in [6.07, 6.45) is -1.67. The van der Waals surface area contributed by atoms with Crippen molar-refractivity contribution in [1.82, 2.24) is 14.8 Å². The number of rotatable bonds is 3. The minimum Gasteiger partial charge on any atom is -0.383 e. The van der Waals surface area contributed by atoms with E-state index in [0.29, 0.717) is 5.69 Å². The molecule has 160 valence electrons. The molecule has 1 aromatic carbocycles. The van der Waals surface area contributed by atoms with E-state index in [2.05, 4.69) is 15.4 Å². The number of nitrogens with one attached hydrogen (secondary N) is 1. The first kappa shape index (κ1) is 20.4. The standard InChI is InChI=1S/C20H17F3N6O2/c1-11-10-28(13-6-4-12(5-7-13)20(21,22)23)19(31)16-15(9-26-29(11)16)27-18(30)14-3-2-8-25-17(14)24/h2-9,11H,10H2,1H3,(H2,24,25)(H,27,30)/t11-/m0/s1. The van der Waals surface area contributed by atoms with Crippen LogP contribution in [0.3, 0.4) is 0 Å². The number of hydrogen-bond acceptors (Lipinski definition) is 5. The molecule has 3 heterocycles. The maximum atomic E-state index is 13.2. The minimum atomic E-state index is -4.47. The van der Waals surface area contributed by atoms with Crippen molar-refractivity contribution in [3.63, 3.8) is 0 Å². The molecule has 0 spiro atoms. The number of carbonyl (C=O) groups excluding carboxylic acids is 2. The number of amides is 2. The third-order valence-electron chi connectivity index (χ3n) is 4.95. The number of nitrogen functional groups attached to an aromatic ring is 1. The van der Waals surface area contributed by atoms with E-state index in [-0.39, 0.29) is 35.3 Å². The van der Waals surface area contributed by atoms with E-state index >= 15 is 0 Å². The van der Waals surface area contributed by atoms with Crippen molar-refractivity contribution in [3.8, 4) is 0 Å². The first-order valence-electron chi connectivity index (χ1n) is 9.25. The van der Waals surface area contributed by atoms with Crippen LogP contribution >= 0.6 is 0 Å². The number of alkyl halides is 3. The lowest BCUT2D eigenvalue weighted by molar-refractivity contribution is -0.137. The number of hydrogen-bond donors (Lipinski definition) is 2. The Morgan fingerprint density at radius 1 is 1.23 bits per heavy atom. The Morgan fingerprint density at radius 2 is 1.94 bits per heavy atom. The summed E-state index contributed by atoms with van der Waals surface area (Å²) in [6, 6.07) is 7.11. The zero-order valence-corrected chi connectivity index (χ0v) is 16.2. The number of anilines is 3. The lowest BCUT2D eigenvalue weighted by Crippen LogP contribution is -2.43. The Bertz CT molecular complexity index is 1160. The van der Waals surface area contributed by atoms with Gasteiger partial charge in [0.15, 0.2) is 5.69 Å². The van der Waals surface area contributed by atoms with Gasteiger partial charge in [0.25, 0.3) is 11.8 Å². The third-order valence-corrected chi connectivity index (χ3v) is 4.95. The van der Waals surface area contributed by atoms with E-state index < -0.39 is 23.6 Å². The molecule has 0 radical (unpaired) electrons. The molecule has 0 aliphatic carbocycles. The van der Waals surface area contributed by atoms with Crippen molar-refractivity contribution in [3.05, 3.63) is 65.6 Å². The molecule has 31 heavy (non-hydrogen) atoms. The van der Waals surface area contributed by atoms with Crippen LogP contribution in [-0.2, 0) is 6.18 Å². The Morgan fingerprint density at radius 3 is 2.58 bits per heavy atom. The van der Waals surface area contributed by atoms with Gasteiger partial charge < -0.3 is 16.0 Å². The quantitative estimate of drug-likeness (QED) is 0.663. The van der Waals surface area contributed by atoms with Crippen molar-refractivity contribution in [1.29, 1.82) is 0 Å². The lowest BCUT2D eigenvalue weighted by Gasteiger charge is -2.32. The lowest BCUT2D eigenvalue weighted by atomic mass is 10.1. The smallest absolute Gasteiger partial charge is 0.383 e. The zero-order chi connectivity index (χ0) is 22.3. The van der Waals surface area contributed by atoms with Crippen LogP contribution in [-0.4, -0.2) is 33.1 Å². The van der Waals surface area contributed by atoms with Gasteiger partial charge in [-0.2, -0.15) is 18.3 Å². The molecule has 11 heteroatoms. The van der Waals surface area contributed by atoms with E-state index in [4.69, 9.17) is 5.73 Å². The average Bonchev–Trinajstić information content (AvgIpc) is 3.15. The van der Waals surface area contributed by atoms with Crippen molar-refractivity contribution >= 4 is 29.0 Å². The second-order valence-electron chi connectivity index (χ2n) is 7.05. The first-order valence-corrected chi connectivity index (χ1v) is 9.25. The van der Waals surface area contributed by atoms with Gasteiger partial charge in [-0.25, -0.2) is 4.98 Å². The van der Waals surface area contributed by atoms with Gasteiger partial charge in [0.1, 0.15) is 5.82 Å². The first-order chi connectivity index (χ1) is 14.7. The summed E-state index contributed by atoms with van der Waals surface area (Å²) in [5, 5.41) is 6.81. The summed E-state index contributed by atoms with van der Waals surface area (Å²) < 4.78 is 40.0.